The number of aryl methyl sites for hydroxylation is 1. The molecule has 0 bridgehead atoms. The summed E-state index contributed by atoms with van der Waals surface area (Å²) in [5.74, 6) is -0.560. The predicted molar refractivity (Wildman–Crippen MR) is 80.9 cm³/mol. The van der Waals surface area contributed by atoms with E-state index in [1.807, 2.05) is 30.3 Å². The first-order valence-corrected chi connectivity index (χ1v) is 8.27. The van der Waals surface area contributed by atoms with Crippen LogP contribution >= 0.6 is 0 Å². The van der Waals surface area contributed by atoms with Crippen LogP contribution in [-0.4, -0.2) is 14.5 Å². The maximum atomic E-state index is 13.1. The molecule has 0 fully saturated rings. The lowest BCUT2D eigenvalue weighted by atomic mass is 10.1. The second kappa shape index (κ2) is 6.83. The second-order valence-corrected chi connectivity index (χ2v) is 6.72. The molecule has 0 radical (unpaired) electrons. The van der Waals surface area contributed by atoms with Crippen molar-refractivity contribution in [1.82, 2.24) is 4.72 Å². The maximum absolute atomic E-state index is 13.1. The van der Waals surface area contributed by atoms with E-state index < -0.39 is 15.8 Å². The van der Waals surface area contributed by atoms with Crippen molar-refractivity contribution in [1.29, 1.82) is 0 Å². The Kier molecular flexibility index (Phi) is 5.09. The first-order valence-electron chi connectivity index (χ1n) is 6.79. The van der Waals surface area contributed by atoms with Gasteiger partial charge < -0.3 is 0 Å². The zero-order chi connectivity index (χ0) is 15.3. The van der Waals surface area contributed by atoms with E-state index in [4.69, 9.17) is 0 Å². The van der Waals surface area contributed by atoms with Gasteiger partial charge in [-0.05, 0) is 43.5 Å². The summed E-state index contributed by atoms with van der Waals surface area (Å²) in [4.78, 5) is -0.0472. The van der Waals surface area contributed by atoms with Crippen molar-refractivity contribution in [2.24, 2.45) is 0 Å². The zero-order valence-electron chi connectivity index (χ0n) is 11.8. The Hall–Kier alpha value is -1.72. The lowest BCUT2D eigenvalue weighted by molar-refractivity contribution is 0.545. The zero-order valence-corrected chi connectivity index (χ0v) is 12.6. The van der Waals surface area contributed by atoms with Crippen LogP contribution in [0, 0.1) is 5.82 Å². The number of sulfonamides is 1. The van der Waals surface area contributed by atoms with Gasteiger partial charge in [0, 0.05) is 6.04 Å². The molecule has 0 aliphatic rings. The van der Waals surface area contributed by atoms with Crippen molar-refractivity contribution in [3.8, 4) is 0 Å². The summed E-state index contributed by atoms with van der Waals surface area (Å²) in [6.45, 7) is 1.81. The summed E-state index contributed by atoms with van der Waals surface area (Å²) in [6.07, 6.45) is 1.46. The van der Waals surface area contributed by atoms with Crippen LogP contribution in [0.1, 0.15) is 18.9 Å². The standard InChI is InChI=1S/C16H18FNO2S/c1-13(10-11-14-6-3-2-4-7-14)18-21(19,20)16-9-5-8-15(17)12-16/h2-9,12-13,18H,10-11H2,1H3. The van der Waals surface area contributed by atoms with Crippen LogP contribution in [0.25, 0.3) is 0 Å². The third-order valence-electron chi connectivity index (χ3n) is 3.17. The molecule has 0 heterocycles. The Bertz CT molecular complexity index is 686. The Morgan fingerprint density at radius 3 is 2.48 bits per heavy atom. The van der Waals surface area contributed by atoms with Crippen LogP contribution in [0.5, 0.6) is 0 Å². The van der Waals surface area contributed by atoms with Gasteiger partial charge in [-0.2, -0.15) is 0 Å². The molecule has 3 nitrogen and oxygen atoms in total. The van der Waals surface area contributed by atoms with Crippen LogP contribution < -0.4 is 4.72 Å². The van der Waals surface area contributed by atoms with Crippen molar-refractivity contribution < 1.29 is 12.8 Å². The van der Waals surface area contributed by atoms with Gasteiger partial charge in [0.25, 0.3) is 0 Å². The second-order valence-electron chi connectivity index (χ2n) is 5.00. The molecule has 0 spiro atoms. The van der Waals surface area contributed by atoms with E-state index in [2.05, 4.69) is 4.72 Å². The molecule has 0 saturated carbocycles. The minimum atomic E-state index is -3.68. The van der Waals surface area contributed by atoms with Crippen molar-refractivity contribution in [2.45, 2.75) is 30.7 Å². The SMILES string of the molecule is CC(CCc1ccccc1)NS(=O)(=O)c1cccc(F)c1. The van der Waals surface area contributed by atoms with Gasteiger partial charge in [0.15, 0.2) is 0 Å². The molecule has 1 atom stereocenters. The van der Waals surface area contributed by atoms with E-state index in [1.54, 1.807) is 6.92 Å². The summed E-state index contributed by atoms with van der Waals surface area (Å²) in [5.41, 5.74) is 1.16. The summed E-state index contributed by atoms with van der Waals surface area (Å²) in [7, 11) is -3.68. The van der Waals surface area contributed by atoms with E-state index in [0.717, 1.165) is 18.1 Å². The van der Waals surface area contributed by atoms with Gasteiger partial charge in [0.2, 0.25) is 10.0 Å². The van der Waals surface area contributed by atoms with Crippen LogP contribution in [0.4, 0.5) is 4.39 Å². The van der Waals surface area contributed by atoms with E-state index in [9.17, 15) is 12.8 Å². The van der Waals surface area contributed by atoms with Crippen LogP contribution in [-0.2, 0) is 16.4 Å². The average molecular weight is 307 g/mol. The van der Waals surface area contributed by atoms with Crippen molar-refractivity contribution in [3.05, 3.63) is 66.0 Å². The summed E-state index contributed by atoms with van der Waals surface area (Å²) < 4.78 is 39.9. The highest BCUT2D eigenvalue weighted by Gasteiger charge is 2.17. The summed E-state index contributed by atoms with van der Waals surface area (Å²) in [6, 6.07) is 14.7. The number of benzene rings is 2. The molecule has 21 heavy (non-hydrogen) atoms. The Labute approximate surface area is 124 Å². The van der Waals surface area contributed by atoms with Gasteiger partial charge >= 0.3 is 0 Å². The highest BCUT2D eigenvalue weighted by atomic mass is 32.2. The summed E-state index contributed by atoms with van der Waals surface area (Å²) >= 11 is 0. The van der Waals surface area contributed by atoms with E-state index in [0.29, 0.717) is 6.42 Å². The number of hydrogen-bond acceptors (Lipinski definition) is 2. The average Bonchev–Trinajstić information content (AvgIpc) is 2.46. The molecule has 5 heteroatoms. The van der Waals surface area contributed by atoms with Gasteiger partial charge in [0.1, 0.15) is 5.82 Å². The Balaban J connectivity index is 1.97. The van der Waals surface area contributed by atoms with Gasteiger partial charge in [0.05, 0.1) is 4.90 Å². The van der Waals surface area contributed by atoms with E-state index >= 15 is 0 Å². The highest BCUT2D eigenvalue weighted by Crippen LogP contribution is 2.12. The molecule has 0 aliphatic heterocycles. The van der Waals surface area contributed by atoms with Crippen LogP contribution in [0.15, 0.2) is 59.5 Å². The largest absolute Gasteiger partial charge is 0.240 e. The molecule has 2 aromatic rings. The van der Waals surface area contributed by atoms with Gasteiger partial charge in [-0.3, -0.25) is 0 Å². The van der Waals surface area contributed by atoms with Gasteiger partial charge in [-0.15, -0.1) is 0 Å². The number of halogens is 1. The third-order valence-corrected chi connectivity index (χ3v) is 4.76. The smallest absolute Gasteiger partial charge is 0.208 e. The highest BCUT2D eigenvalue weighted by molar-refractivity contribution is 7.89. The van der Waals surface area contributed by atoms with Crippen molar-refractivity contribution in [3.63, 3.8) is 0 Å². The van der Waals surface area contributed by atoms with Gasteiger partial charge in [-0.1, -0.05) is 36.4 Å². The number of nitrogens with one attached hydrogen (secondary N) is 1. The first-order chi connectivity index (χ1) is 9.97. The Morgan fingerprint density at radius 2 is 1.81 bits per heavy atom. The van der Waals surface area contributed by atoms with Crippen LogP contribution in [0.3, 0.4) is 0 Å². The van der Waals surface area contributed by atoms with Crippen LogP contribution in [0.2, 0.25) is 0 Å². The molecular weight excluding hydrogens is 289 g/mol. The molecule has 0 aromatic heterocycles. The minimum absolute atomic E-state index is 0.0472. The third kappa shape index (κ3) is 4.65. The fourth-order valence-electron chi connectivity index (χ4n) is 2.05. The maximum Gasteiger partial charge on any atom is 0.240 e. The predicted octanol–water partition coefficient (Wildman–Crippen LogP) is 3.13. The molecular formula is C16H18FNO2S. The fraction of sp³-hybridized carbons (Fsp3) is 0.250. The molecule has 0 amide bonds. The van der Waals surface area contributed by atoms with E-state index in [-0.39, 0.29) is 10.9 Å². The van der Waals surface area contributed by atoms with Crippen molar-refractivity contribution in [2.75, 3.05) is 0 Å². The Morgan fingerprint density at radius 1 is 1.10 bits per heavy atom. The molecule has 1 unspecified atom stereocenters. The number of hydrogen-bond donors (Lipinski definition) is 1. The molecule has 0 saturated heterocycles. The topological polar surface area (TPSA) is 46.2 Å². The van der Waals surface area contributed by atoms with E-state index in [1.165, 1.54) is 18.2 Å². The summed E-state index contributed by atoms with van der Waals surface area (Å²) in [5, 5.41) is 0. The van der Waals surface area contributed by atoms with Gasteiger partial charge in [-0.25, -0.2) is 17.5 Å². The quantitative estimate of drug-likeness (QED) is 0.891. The first kappa shape index (κ1) is 15.7. The normalized spacial score (nSPS) is 13.0. The minimum Gasteiger partial charge on any atom is -0.208 e. The molecule has 2 aromatic carbocycles. The molecule has 112 valence electrons. The monoisotopic (exact) mass is 307 g/mol. The number of rotatable bonds is 6. The fourth-order valence-corrected chi connectivity index (χ4v) is 3.36. The van der Waals surface area contributed by atoms with Crippen molar-refractivity contribution >= 4 is 10.0 Å². The lowest BCUT2D eigenvalue weighted by Gasteiger charge is -2.14. The molecule has 2 rings (SSSR count). The molecule has 0 aliphatic carbocycles. The lowest BCUT2D eigenvalue weighted by Crippen LogP contribution is -2.33. The molecule has 1 N–H and O–H groups in total.